The van der Waals surface area contributed by atoms with Gasteiger partial charge in [0.15, 0.2) is 0 Å². The molecule has 1 N–H and O–H groups in total. The number of hydrogen-bond acceptors (Lipinski definition) is 4. The maximum Gasteiger partial charge on any atom is 0.228 e. The van der Waals surface area contributed by atoms with Crippen LogP contribution < -0.4 is 10.2 Å². The van der Waals surface area contributed by atoms with Gasteiger partial charge in [0.25, 0.3) is 0 Å². The first kappa shape index (κ1) is 16.0. The number of amides is 1. The number of halogens is 1. The first-order valence-corrected chi connectivity index (χ1v) is 8.56. The monoisotopic (exact) mass is 341 g/mol. The lowest BCUT2D eigenvalue weighted by atomic mass is 10.1. The number of morpholine rings is 1. The van der Waals surface area contributed by atoms with Crippen molar-refractivity contribution in [2.75, 3.05) is 36.5 Å². The van der Waals surface area contributed by atoms with Crippen LogP contribution in [-0.4, -0.2) is 37.2 Å². The van der Waals surface area contributed by atoms with Crippen LogP contribution in [0.15, 0.2) is 42.6 Å². The molecule has 1 aromatic carbocycles. The smallest absolute Gasteiger partial charge is 0.228 e. The molecule has 0 unspecified atom stereocenters. The van der Waals surface area contributed by atoms with E-state index in [1.54, 1.807) is 18.3 Å². The van der Waals surface area contributed by atoms with E-state index in [9.17, 15) is 9.18 Å². The molecular formula is C19H20FN3O2. The molecule has 0 radical (unpaired) electrons. The van der Waals surface area contributed by atoms with Gasteiger partial charge < -0.3 is 15.0 Å². The quantitative estimate of drug-likeness (QED) is 0.929. The molecule has 4 rings (SSSR count). The van der Waals surface area contributed by atoms with Crippen LogP contribution in [0.2, 0.25) is 0 Å². The molecule has 2 aliphatic rings. The van der Waals surface area contributed by atoms with Crippen molar-refractivity contribution in [1.29, 1.82) is 0 Å². The predicted octanol–water partition coefficient (Wildman–Crippen LogP) is 2.80. The predicted molar refractivity (Wildman–Crippen MR) is 93.1 cm³/mol. The number of aromatic nitrogens is 1. The van der Waals surface area contributed by atoms with E-state index in [4.69, 9.17) is 4.74 Å². The maximum absolute atomic E-state index is 13.0. The minimum Gasteiger partial charge on any atom is -0.378 e. The molecule has 1 saturated heterocycles. The minimum atomic E-state index is -0.253. The highest BCUT2D eigenvalue weighted by molar-refractivity contribution is 5.95. The van der Waals surface area contributed by atoms with E-state index >= 15 is 0 Å². The fourth-order valence-electron chi connectivity index (χ4n) is 3.24. The van der Waals surface area contributed by atoms with Gasteiger partial charge in [0.05, 0.1) is 25.1 Å². The van der Waals surface area contributed by atoms with Gasteiger partial charge >= 0.3 is 0 Å². The van der Waals surface area contributed by atoms with Gasteiger partial charge in [-0.2, -0.15) is 0 Å². The van der Waals surface area contributed by atoms with Crippen LogP contribution in [0.25, 0.3) is 0 Å². The third kappa shape index (κ3) is 3.64. The second-order valence-electron chi connectivity index (χ2n) is 6.49. The molecule has 130 valence electrons. The number of ether oxygens (including phenoxy) is 1. The van der Waals surface area contributed by atoms with Crippen molar-refractivity contribution < 1.29 is 13.9 Å². The summed E-state index contributed by atoms with van der Waals surface area (Å²) in [5, 5.41) is 2.93. The molecule has 1 aromatic heterocycles. The topological polar surface area (TPSA) is 54.5 Å². The van der Waals surface area contributed by atoms with Gasteiger partial charge in [-0.1, -0.05) is 12.1 Å². The van der Waals surface area contributed by atoms with Crippen molar-refractivity contribution in [3.63, 3.8) is 0 Å². The lowest BCUT2D eigenvalue weighted by Gasteiger charge is -2.27. The summed E-state index contributed by atoms with van der Waals surface area (Å²) in [7, 11) is 0. The van der Waals surface area contributed by atoms with Crippen molar-refractivity contribution in [2.45, 2.75) is 12.3 Å². The Hall–Kier alpha value is -2.47. The Bertz CT molecular complexity index is 742. The summed E-state index contributed by atoms with van der Waals surface area (Å²) in [5.41, 5.74) is 1.72. The second kappa shape index (κ2) is 6.80. The molecule has 0 spiro atoms. The molecule has 5 nitrogen and oxygen atoms in total. The molecule has 2 fully saturated rings. The van der Waals surface area contributed by atoms with Gasteiger partial charge in [0, 0.05) is 19.0 Å². The highest BCUT2D eigenvalue weighted by Gasteiger charge is 2.43. The molecule has 2 aromatic rings. The van der Waals surface area contributed by atoms with E-state index in [0.717, 1.165) is 30.9 Å². The summed E-state index contributed by atoms with van der Waals surface area (Å²) in [6.07, 6.45) is 2.49. The van der Waals surface area contributed by atoms with Crippen molar-refractivity contribution in [3.05, 3.63) is 54.0 Å². The summed E-state index contributed by atoms with van der Waals surface area (Å²) in [5.74, 6) is 0.773. The zero-order valence-electron chi connectivity index (χ0n) is 13.8. The number of carbonyl (C=O) groups excluding carboxylic acids is 1. The molecule has 1 saturated carbocycles. The first-order valence-electron chi connectivity index (χ1n) is 8.56. The van der Waals surface area contributed by atoms with Gasteiger partial charge in [-0.25, -0.2) is 9.37 Å². The Morgan fingerprint density at radius 3 is 2.60 bits per heavy atom. The molecule has 1 aliphatic heterocycles. The Kier molecular flexibility index (Phi) is 4.36. The van der Waals surface area contributed by atoms with Crippen LogP contribution in [0, 0.1) is 11.7 Å². The Morgan fingerprint density at radius 2 is 1.92 bits per heavy atom. The number of nitrogens with one attached hydrogen (secondary N) is 1. The first-order chi connectivity index (χ1) is 12.2. The lowest BCUT2D eigenvalue weighted by Crippen LogP contribution is -2.36. The van der Waals surface area contributed by atoms with Crippen LogP contribution >= 0.6 is 0 Å². The third-order valence-electron chi connectivity index (χ3n) is 4.78. The molecule has 2 atom stereocenters. The van der Waals surface area contributed by atoms with Gasteiger partial charge in [-0.15, -0.1) is 0 Å². The Morgan fingerprint density at radius 1 is 1.16 bits per heavy atom. The van der Waals surface area contributed by atoms with E-state index in [-0.39, 0.29) is 23.6 Å². The van der Waals surface area contributed by atoms with E-state index < -0.39 is 0 Å². The Balaban J connectivity index is 1.34. The highest BCUT2D eigenvalue weighted by Crippen LogP contribution is 2.47. The van der Waals surface area contributed by atoms with Gasteiger partial charge in [-0.05, 0) is 42.2 Å². The van der Waals surface area contributed by atoms with Crippen molar-refractivity contribution in [3.8, 4) is 0 Å². The van der Waals surface area contributed by atoms with Crippen LogP contribution in [0.4, 0.5) is 15.9 Å². The number of hydrogen-bond donors (Lipinski definition) is 1. The van der Waals surface area contributed by atoms with Crippen molar-refractivity contribution in [1.82, 2.24) is 4.98 Å². The number of carbonyl (C=O) groups is 1. The van der Waals surface area contributed by atoms with E-state index in [0.29, 0.717) is 18.9 Å². The summed E-state index contributed by atoms with van der Waals surface area (Å²) in [6.45, 7) is 3.10. The van der Waals surface area contributed by atoms with Crippen molar-refractivity contribution >= 4 is 17.4 Å². The summed E-state index contributed by atoms with van der Waals surface area (Å²) in [4.78, 5) is 19.0. The standard InChI is InChI=1S/C19H20FN3O2/c20-14-3-1-13(2-4-14)16-11-17(16)19(24)22-15-5-6-18(21-12-15)23-7-9-25-10-8-23/h1-6,12,16-17H,7-11H2,(H,22,24)/t16-,17-/m1/s1. The fraction of sp³-hybridized carbons (Fsp3) is 0.368. The molecular weight excluding hydrogens is 321 g/mol. The van der Waals surface area contributed by atoms with Gasteiger partial charge in [0.2, 0.25) is 5.91 Å². The molecule has 2 heterocycles. The average molecular weight is 341 g/mol. The highest BCUT2D eigenvalue weighted by atomic mass is 19.1. The van der Waals surface area contributed by atoms with E-state index in [1.165, 1.54) is 12.1 Å². The van der Waals surface area contributed by atoms with Crippen LogP contribution in [0.3, 0.4) is 0 Å². The normalized spacial score (nSPS) is 22.5. The SMILES string of the molecule is O=C(Nc1ccc(N2CCOCC2)nc1)[C@@H]1C[C@@H]1c1ccc(F)cc1. The molecule has 1 amide bonds. The molecule has 25 heavy (non-hydrogen) atoms. The van der Waals surface area contributed by atoms with Crippen LogP contribution in [0.1, 0.15) is 17.9 Å². The fourth-order valence-corrected chi connectivity index (χ4v) is 3.24. The minimum absolute atomic E-state index is 0.00440. The number of nitrogens with zero attached hydrogens (tertiary/aromatic N) is 2. The number of anilines is 2. The molecule has 0 bridgehead atoms. The van der Waals surface area contributed by atoms with Crippen LogP contribution in [-0.2, 0) is 9.53 Å². The van der Waals surface area contributed by atoms with Crippen molar-refractivity contribution in [2.24, 2.45) is 5.92 Å². The van der Waals surface area contributed by atoms with Gasteiger partial charge in [0.1, 0.15) is 11.6 Å². The largest absolute Gasteiger partial charge is 0.378 e. The number of benzene rings is 1. The summed E-state index contributed by atoms with van der Waals surface area (Å²) < 4.78 is 18.3. The van der Waals surface area contributed by atoms with E-state index in [2.05, 4.69) is 15.2 Å². The zero-order chi connectivity index (χ0) is 17.2. The Labute approximate surface area is 145 Å². The van der Waals surface area contributed by atoms with Crippen LogP contribution in [0.5, 0.6) is 0 Å². The second-order valence-corrected chi connectivity index (χ2v) is 6.49. The maximum atomic E-state index is 13.0. The molecule has 6 heteroatoms. The zero-order valence-corrected chi connectivity index (χ0v) is 13.8. The average Bonchev–Trinajstić information content (AvgIpc) is 3.45. The number of rotatable bonds is 4. The summed E-state index contributed by atoms with van der Waals surface area (Å²) >= 11 is 0. The third-order valence-corrected chi connectivity index (χ3v) is 4.78. The molecule has 1 aliphatic carbocycles. The summed E-state index contributed by atoms with van der Waals surface area (Å²) in [6, 6.07) is 10.2. The van der Waals surface area contributed by atoms with E-state index in [1.807, 2.05) is 12.1 Å². The number of pyridine rings is 1. The lowest BCUT2D eigenvalue weighted by molar-refractivity contribution is -0.117. The van der Waals surface area contributed by atoms with Gasteiger partial charge in [-0.3, -0.25) is 4.79 Å².